The van der Waals surface area contributed by atoms with Crippen molar-refractivity contribution in [3.05, 3.63) is 65.2 Å². The Morgan fingerprint density at radius 3 is 2.83 bits per heavy atom. The molecular formula is C24H26N2O3S. The molecule has 0 spiro atoms. The van der Waals surface area contributed by atoms with Crippen molar-refractivity contribution in [1.82, 2.24) is 9.88 Å². The number of amides is 1. The van der Waals surface area contributed by atoms with Gasteiger partial charge < -0.3 is 14.4 Å². The minimum absolute atomic E-state index is 0.000370. The summed E-state index contributed by atoms with van der Waals surface area (Å²) >= 11 is 1.68. The average Bonchev–Trinajstić information content (AvgIpc) is 3.22. The molecule has 5 nitrogen and oxygen atoms in total. The van der Waals surface area contributed by atoms with Crippen LogP contribution in [0.25, 0.3) is 10.2 Å². The molecule has 2 heterocycles. The van der Waals surface area contributed by atoms with Crippen LogP contribution in [-0.2, 0) is 6.42 Å². The summed E-state index contributed by atoms with van der Waals surface area (Å²) in [5.41, 5.74) is 2.50. The maximum absolute atomic E-state index is 13.6. The SMILES string of the molecule is C=CCc1cc(C(=O)N2CCCCC2c2nc3ccccc3s2)cc(OC)c1OC. The second-order valence-corrected chi connectivity index (χ2v) is 8.46. The van der Waals surface area contributed by atoms with Gasteiger partial charge >= 0.3 is 0 Å². The van der Waals surface area contributed by atoms with Crippen LogP contribution in [0.3, 0.4) is 0 Å². The third kappa shape index (κ3) is 3.79. The molecule has 156 valence electrons. The van der Waals surface area contributed by atoms with E-state index in [1.807, 2.05) is 29.2 Å². The number of para-hydroxylation sites is 1. The number of thiazole rings is 1. The summed E-state index contributed by atoms with van der Waals surface area (Å²) in [6.07, 6.45) is 5.43. The number of rotatable bonds is 6. The molecule has 1 aliphatic heterocycles. The quantitative estimate of drug-likeness (QED) is 0.499. The van der Waals surface area contributed by atoms with Gasteiger partial charge in [-0.15, -0.1) is 17.9 Å². The van der Waals surface area contributed by atoms with Gasteiger partial charge in [-0.1, -0.05) is 18.2 Å². The van der Waals surface area contributed by atoms with Gasteiger partial charge in [0.25, 0.3) is 5.91 Å². The molecule has 0 saturated carbocycles. The van der Waals surface area contributed by atoms with Crippen molar-refractivity contribution < 1.29 is 14.3 Å². The Morgan fingerprint density at radius 1 is 1.27 bits per heavy atom. The number of allylic oxidation sites excluding steroid dienone is 1. The van der Waals surface area contributed by atoms with Crippen LogP contribution in [0.15, 0.2) is 49.1 Å². The largest absolute Gasteiger partial charge is 0.493 e. The molecule has 4 rings (SSSR count). The van der Waals surface area contributed by atoms with Crippen molar-refractivity contribution >= 4 is 27.5 Å². The van der Waals surface area contributed by atoms with Crippen molar-refractivity contribution in [2.75, 3.05) is 20.8 Å². The summed E-state index contributed by atoms with van der Waals surface area (Å²) in [5, 5.41) is 1.01. The van der Waals surface area contributed by atoms with E-state index in [9.17, 15) is 4.79 Å². The zero-order valence-electron chi connectivity index (χ0n) is 17.4. The maximum atomic E-state index is 13.6. The summed E-state index contributed by atoms with van der Waals surface area (Å²) < 4.78 is 12.2. The Bertz CT molecular complexity index is 1040. The molecule has 2 aromatic carbocycles. The Balaban J connectivity index is 1.71. The normalized spacial score (nSPS) is 16.5. The molecule has 0 N–H and O–H groups in total. The fourth-order valence-electron chi connectivity index (χ4n) is 4.10. The first-order chi connectivity index (χ1) is 14.7. The molecule has 1 amide bonds. The van der Waals surface area contributed by atoms with Gasteiger partial charge in [-0.3, -0.25) is 4.79 Å². The lowest BCUT2D eigenvalue weighted by molar-refractivity contribution is 0.0611. The van der Waals surface area contributed by atoms with E-state index in [0.717, 1.165) is 46.6 Å². The van der Waals surface area contributed by atoms with Crippen molar-refractivity contribution in [3.8, 4) is 11.5 Å². The number of fused-ring (bicyclic) bond motifs is 1. The smallest absolute Gasteiger partial charge is 0.254 e. The van der Waals surface area contributed by atoms with Crippen molar-refractivity contribution in [1.29, 1.82) is 0 Å². The van der Waals surface area contributed by atoms with E-state index < -0.39 is 0 Å². The molecule has 0 bridgehead atoms. The van der Waals surface area contributed by atoms with Crippen LogP contribution in [-0.4, -0.2) is 36.6 Å². The lowest BCUT2D eigenvalue weighted by atomic mass is 9.99. The first-order valence-corrected chi connectivity index (χ1v) is 11.0. The lowest BCUT2D eigenvalue weighted by Gasteiger charge is -2.34. The number of benzene rings is 2. The Kier molecular flexibility index (Phi) is 6.04. The van der Waals surface area contributed by atoms with Gasteiger partial charge in [0.2, 0.25) is 0 Å². The Hall–Kier alpha value is -2.86. The van der Waals surface area contributed by atoms with Crippen LogP contribution in [0.2, 0.25) is 0 Å². The summed E-state index contributed by atoms with van der Waals surface area (Å²) in [6.45, 7) is 4.55. The van der Waals surface area contributed by atoms with Gasteiger partial charge in [-0.2, -0.15) is 0 Å². The summed E-state index contributed by atoms with van der Waals surface area (Å²) in [7, 11) is 3.20. The van der Waals surface area contributed by atoms with Crippen LogP contribution in [0.1, 0.15) is 46.2 Å². The minimum Gasteiger partial charge on any atom is -0.493 e. The summed E-state index contributed by atoms with van der Waals surface area (Å²) in [6, 6.07) is 11.8. The number of aromatic nitrogens is 1. The van der Waals surface area contributed by atoms with Gasteiger partial charge in [-0.05, 0) is 49.9 Å². The fourth-order valence-corrected chi connectivity index (χ4v) is 5.22. The van der Waals surface area contributed by atoms with Crippen molar-refractivity contribution in [3.63, 3.8) is 0 Å². The Labute approximate surface area is 180 Å². The van der Waals surface area contributed by atoms with Gasteiger partial charge in [0.15, 0.2) is 11.5 Å². The number of nitrogens with zero attached hydrogens (tertiary/aromatic N) is 2. The molecule has 1 unspecified atom stereocenters. The van der Waals surface area contributed by atoms with Gasteiger partial charge in [0.05, 0.1) is 30.5 Å². The molecule has 0 radical (unpaired) electrons. The lowest BCUT2D eigenvalue weighted by Crippen LogP contribution is -2.38. The highest BCUT2D eigenvalue weighted by molar-refractivity contribution is 7.18. The van der Waals surface area contributed by atoms with Crippen LogP contribution in [0.5, 0.6) is 11.5 Å². The molecule has 1 atom stereocenters. The Morgan fingerprint density at radius 2 is 2.10 bits per heavy atom. The van der Waals surface area contributed by atoms with E-state index in [2.05, 4.69) is 12.6 Å². The fraction of sp³-hybridized carbons (Fsp3) is 0.333. The number of methoxy groups -OCH3 is 2. The monoisotopic (exact) mass is 422 g/mol. The maximum Gasteiger partial charge on any atom is 0.254 e. The van der Waals surface area contributed by atoms with E-state index in [0.29, 0.717) is 23.5 Å². The third-order valence-corrected chi connectivity index (χ3v) is 6.66. The van der Waals surface area contributed by atoms with E-state index >= 15 is 0 Å². The second kappa shape index (κ2) is 8.88. The topological polar surface area (TPSA) is 51.7 Å². The number of hydrogen-bond donors (Lipinski definition) is 0. The number of likely N-dealkylation sites (tertiary alicyclic amines) is 1. The predicted molar refractivity (Wildman–Crippen MR) is 121 cm³/mol. The van der Waals surface area contributed by atoms with E-state index in [4.69, 9.17) is 14.5 Å². The highest BCUT2D eigenvalue weighted by Crippen LogP contribution is 2.38. The number of piperidine rings is 1. The summed E-state index contributed by atoms with van der Waals surface area (Å²) in [5.74, 6) is 1.22. The number of carbonyl (C=O) groups excluding carboxylic acids is 1. The highest BCUT2D eigenvalue weighted by atomic mass is 32.1. The molecule has 1 saturated heterocycles. The highest BCUT2D eigenvalue weighted by Gasteiger charge is 2.31. The number of carbonyl (C=O) groups is 1. The van der Waals surface area contributed by atoms with E-state index in [-0.39, 0.29) is 11.9 Å². The minimum atomic E-state index is -0.000370. The third-order valence-electron chi connectivity index (χ3n) is 5.53. The van der Waals surface area contributed by atoms with Gasteiger partial charge in [-0.25, -0.2) is 4.98 Å². The molecule has 30 heavy (non-hydrogen) atoms. The molecule has 6 heteroatoms. The van der Waals surface area contributed by atoms with Crippen LogP contribution >= 0.6 is 11.3 Å². The predicted octanol–water partition coefficient (Wildman–Crippen LogP) is 5.41. The van der Waals surface area contributed by atoms with Crippen LogP contribution < -0.4 is 9.47 Å². The average molecular weight is 423 g/mol. The standard InChI is InChI=1S/C24H26N2O3S/c1-4-9-16-14-17(15-20(28-2)22(16)29-3)24(27)26-13-8-7-11-19(26)23-25-18-10-5-6-12-21(18)30-23/h4-6,10,12,14-15,19H,1,7-9,11,13H2,2-3H3. The molecule has 0 aliphatic carbocycles. The zero-order valence-corrected chi connectivity index (χ0v) is 18.2. The molecular weight excluding hydrogens is 396 g/mol. The molecule has 1 aromatic heterocycles. The zero-order chi connectivity index (χ0) is 21.1. The summed E-state index contributed by atoms with van der Waals surface area (Å²) in [4.78, 5) is 20.4. The van der Waals surface area contributed by atoms with Crippen molar-refractivity contribution in [2.24, 2.45) is 0 Å². The van der Waals surface area contributed by atoms with Crippen LogP contribution in [0.4, 0.5) is 0 Å². The second-order valence-electron chi connectivity index (χ2n) is 7.39. The first kappa shape index (κ1) is 20.4. The first-order valence-electron chi connectivity index (χ1n) is 10.2. The number of hydrogen-bond acceptors (Lipinski definition) is 5. The molecule has 1 aliphatic rings. The van der Waals surface area contributed by atoms with Crippen LogP contribution in [0, 0.1) is 0 Å². The van der Waals surface area contributed by atoms with E-state index in [1.54, 1.807) is 37.7 Å². The van der Waals surface area contributed by atoms with Crippen molar-refractivity contribution in [2.45, 2.75) is 31.7 Å². The molecule has 1 fully saturated rings. The number of ether oxygens (including phenoxy) is 2. The van der Waals surface area contributed by atoms with E-state index in [1.165, 1.54) is 0 Å². The van der Waals surface area contributed by atoms with Gasteiger partial charge in [0.1, 0.15) is 5.01 Å². The molecule has 3 aromatic rings. The van der Waals surface area contributed by atoms with Gasteiger partial charge in [0, 0.05) is 17.7 Å².